The first kappa shape index (κ1) is 22.3. The summed E-state index contributed by atoms with van der Waals surface area (Å²) in [5.41, 5.74) is -0.609. The van der Waals surface area contributed by atoms with Crippen LogP contribution in [0.3, 0.4) is 0 Å². The van der Waals surface area contributed by atoms with Crippen molar-refractivity contribution in [1.82, 2.24) is 18.8 Å². The van der Waals surface area contributed by atoms with E-state index in [1.807, 2.05) is 0 Å². The summed E-state index contributed by atoms with van der Waals surface area (Å²) in [6.07, 6.45) is -0.451. The number of imidazole rings is 1. The number of ether oxygens (including phenoxy) is 1. The molecule has 2 aliphatic rings. The van der Waals surface area contributed by atoms with Gasteiger partial charge in [0.2, 0.25) is 21.7 Å². The molecule has 30 heavy (non-hydrogen) atoms. The topological polar surface area (TPSA) is 131 Å². The Kier molecular flexibility index (Phi) is 5.71. The molecule has 168 valence electrons. The zero-order chi connectivity index (χ0) is 22.4. The molecule has 0 unspecified atom stereocenters. The predicted octanol–water partition coefficient (Wildman–Crippen LogP) is 0.708. The second-order valence-electron chi connectivity index (χ2n) is 8.56. The van der Waals surface area contributed by atoms with Crippen LogP contribution >= 0.6 is 0 Å². The van der Waals surface area contributed by atoms with Crippen molar-refractivity contribution < 1.29 is 22.9 Å². The molecule has 13 heteroatoms. The van der Waals surface area contributed by atoms with Gasteiger partial charge in [0.05, 0.1) is 0 Å². The van der Waals surface area contributed by atoms with Gasteiger partial charge in [-0.05, 0) is 30.7 Å². The van der Waals surface area contributed by atoms with Crippen molar-refractivity contribution in [3.63, 3.8) is 0 Å². The van der Waals surface area contributed by atoms with Crippen molar-refractivity contribution in [1.29, 1.82) is 0 Å². The maximum absolute atomic E-state index is 13.0. The molecule has 12 nitrogen and oxygen atoms in total. The second-order valence-corrected chi connectivity index (χ2v) is 10.8. The Morgan fingerprint density at radius 2 is 1.77 bits per heavy atom. The van der Waals surface area contributed by atoms with Gasteiger partial charge in [0.25, 0.3) is 0 Å². The van der Waals surface area contributed by atoms with Crippen LogP contribution in [-0.4, -0.2) is 88.3 Å². The fourth-order valence-corrected chi connectivity index (χ4v) is 5.35. The Morgan fingerprint density at radius 3 is 2.27 bits per heavy atom. The van der Waals surface area contributed by atoms with Crippen LogP contribution in [0.15, 0.2) is 0 Å². The summed E-state index contributed by atoms with van der Waals surface area (Å²) in [5.74, 6) is 0.539. The molecule has 2 aliphatic heterocycles. The third-order valence-electron chi connectivity index (χ3n) is 5.26. The van der Waals surface area contributed by atoms with Gasteiger partial charge in [-0.25, -0.2) is 13.2 Å². The number of amides is 1. The summed E-state index contributed by atoms with van der Waals surface area (Å²) in [7, 11) is -1.91. The van der Waals surface area contributed by atoms with Gasteiger partial charge in [0.1, 0.15) is 10.9 Å². The number of hydrogen-bond donors (Lipinski definition) is 0. The van der Waals surface area contributed by atoms with E-state index in [9.17, 15) is 23.3 Å². The number of anilines is 1. The van der Waals surface area contributed by atoms with E-state index in [1.54, 1.807) is 44.2 Å². The SMILES string of the molecule is Cc1nc([N+](=O)[O-])c(N2CC(S(=O)(=O)N3CCN(C(=O)OC(C)(C)C)CC3)C2)n1C. The van der Waals surface area contributed by atoms with Crippen molar-refractivity contribution in [3.05, 3.63) is 15.9 Å². The Bertz CT molecular complexity index is 939. The lowest BCUT2D eigenvalue weighted by molar-refractivity contribution is -0.388. The molecule has 0 aliphatic carbocycles. The molecule has 0 atom stereocenters. The third-order valence-corrected chi connectivity index (χ3v) is 7.49. The summed E-state index contributed by atoms with van der Waals surface area (Å²) >= 11 is 0. The molecule has 3 heterocycles. The van der Waals surface area contributed by atoms with Crippen LogP contribution in [-0.2, 0) is 21.8 Å². The smallest absolute Gasteiger partial charge is 0.410 e. The molecule has 1 aromatic heterocycles. The third kappa shape index (κ3) is 4.21. The normalized spacial score (nSPS) is 19.0. The first-order valence-electron chi connectivity index (χ1n) is 9.71. The average Bonchev–Trinajstić information content (AvgIpc) is 2.88. The molecule has 2 fully saturated rings. The molecular weight excluding hydrogens is 416 g/mol. The van der Waals surface area contributed by atoms with E-state index in [1.165, 1.54) is 9.21 Å². The number of rotatable bonds is 4. The minimum Gasteiger partial charge on any atom is -0.444 e. The first-order valence-corrected chi connectivity index (χ1v) is 11.2. The highest BCUT2D eigenvalue weighted by molar-refractivity contribution is 7.89. The van der Waals surface area contributed by atoms with E-state index in [4.69, 9.17) is 4.74 Å². The summed E-state index contributed by atoms with van der Waals surface area (Å²) < 4.78 is 34.3. The van der Waals surface area contributed by atoms with E-state index in [-0.39, 0.29) is 45.1 Å². The number of hydrogen-bond acceptors (Lipinski definition) is 8. The lowest BCUT2D eigenvalue weighted by atomic mass is 10.2. The van der Waals surface area contributed by atoms with Crippen molar-refractivity contribution in [2.75, 3.05) is 44.2 Å². The van der Waals surface area contributed by atoms with Crippen LogP contribution in [0.1, 0.15) is 26.6 Å². The average molecular weight is 445 g/mol. The van der Waals surface area contributed by atoms with Gasteiger partial charge in [0.15, 0.2) is 0 Å². The molecule has 0 aromatic carbocycles. The minimum atomic E-state index is -3.58. The van der Waals surface area contributed by atoms with Crippen LogP contribution < -0.4 is 4.90 Å². The number of carbonyl (C=O) groups excluding carboxylic acids is 1. The van der Waals surface area contributed by atoms with Gasteiger partial charge in [-0.1, -0.05) is 0 Å². The Hall–Kier alpha value is -2.41. The van der Waals surface area contributed by atoms with Crippen LogP contribution in [0, 0.1) is 17.0 Å². The van der Waals surface area contributed by atoms with E-state index in [0.717, 1.165) is 0 Å². The lowest BCUT2D eigenvalue weighted by Gasteiger charge is -2.43. The Balaban J connectivity index is 1.61. The van der Waals surface area contributed by atoms with E-state index in [0.29, 0.717) is 11.6 Å². The van der Waals surface area contributed by atoms with E-state index in [2.05, 4.69) is 4.98 Å². The Morgan fingerprint density at radius 1 is 1.20 bits per heavy atom. The molecular formula is C17H28N6O6S. The van der Waals surface area contributed by atoms with Crippen molar-refractivity contribution in [2.45, 2.75) is 38.5 Å². The summed E-state index contributed by atoms with van der Waals surface area (Å²) in [6, 6.07) is 0. The van der Waals surface area contributed by atoms with E-state index < -0.39 is 31.9 Å². The second kappa shape index (κ2) is 7.69. The number of aryl methyl sites for hydroxylation is 1. The van der Waals surface area contributed by atoms with Crippen molar-refractivity contribution >= 4 is 27.8 Å². The largest absolute Gasteiger partial charge is 0.444 e. The number of sulfonamides is 1. The van der Waals surface area contributed by atoms with Gasteiger partial charge in [-0.3, -0.25) is 4.57 Å². The molecule has 0 saturated carbocycles. The van der Waals surface area contributed by atoms with Crippen LogP contribution in [0.5, 0.6) is 0 Å². The zero-order valence-electron chi connectivity index (χ0n) is 17.9. The zero-order valence-corrected chi connectivity index (χ0v) is 18.7. The van der Waals surface area contributed by atoms with E-state index >= 15 is 0 Å². The van der Waals surface area contributed by atoms with Gasteiger partial charge in [-0.15, -0.1) is 0 Å². The highest BCUT2D eigenvalue weighted by atomic mass is 32.2. The monoisotopic (exact) mass is 444 g/mol. The quantitative estimate of drug-likeness (QED) is 0.490. The lowest BCUT2D eigenvalue weighted by Crippen LogP contribution is -2.61. The number of nitrogens with zero attached hydrogens (tertiary/aromatic N) is 6. The Labute approximate surface area is 175 Å². The number of piperazine rings is 1. The van der Waals surface area contributed by atoms with Crippen LogP contribution in [0.2, 0.25) is 0 Å². The molecule has 0 N–H and O–H groups in total. The molecule has 1 aromatic rings. The summed E-state index contributed by atoms with van der Waals surface area (Å²) in [6.45, 7) is 8.24. The van der Waals surface area contributed by atoms with Crippen LogP contribution in [0.4, 0.5) is 16.4 Å². The number of aromatic nitrogens is 2. The maximum Gasteiger partial charge on any atom is 0.410 e. The van der Waals surface area contributed by atoms with Crippen LogP contribution in [0.25, 0.3) is 0 Å². The minimum absolute atomic E-state index is 0.161. The van der Waals surface area contributed by atoms with Crippen molar-refractivity contribution in [3.8, 4) is 0 Å². The van der Waals surface area contributed by atoms with Gasteiger partial charge in [-0.2, -0.15) is 4.31 Å². The molecule has 3 rings (SSSR count). The van der Waals surface area contributed by atoms with Gasteiger partial charge in [0, 0.05) is 53.2 Å². The maximum atomic E-state index is 13.0. The van der Waals surface area contributed by atoms with Gasteiger partial charge < -0.3 is 24.7 Å². The summed E-state index contributed by atoms with van der Waals surface area (Å²) in [5, 5.41) is 10.6. The molecule has 1 amide bonds. The standard InChI is InChI=1S/C17H28N6O6S/c1-12-18-14(23(25)26)15(19(12)5)21-10-13(11-21)30(27,28)22-8-6-20(7-9-22)16(24)29-17(2,3)4/h13H,6-11H2,1-5H3. The highest BCUT2D eigenvalue weighted by Crippen LogP contribution is 2.33. The summed E-state index contributed by atoms with van der Waals surface area (Å²) in [4.78, 5) is 30.0. The molecule has 2 saturated heterocycles. The molecule has 0 radical (unpaired) electrons. The molecule has 0 spiro atoms. The predicted molar refractivity (Wildman–Crippen MR) is 109 cm³/mol. The first-order chi connectivity index (χ1) is 13.8. The number of carbonyl (C=O) groups is 1. The highest BCUT2D eigenvalue weighted by Gasteiger charge is 2.45. The number of nitro groups is 1. The van der Waals surface area contributed by atoms with Gasteiger partial charge >= 0.3 is 11.9 Å². The fraction of sp³-hybridized carbons (Fsp3) is 0.765. The van der Waals surface area contributed by atoms with Crippen molar-refractivity contribution in [2.24, 2.45) is 7.05 Å². The molecule has 0 bridgehead atoms. The fourth-order valence-electron chi connectivity index (χ4n) is 3.52.